The molecular weight excluding hydrogens is 304 g/mol. The Labute approximate surface area is 133 Å². The number of hydrogen-bond donors (Lipinski definition) is 1. The van der Waals surface area contributed by atoms with Gasteiger partial charge in [-0.15, -0.1) is 0 Å². The zero-order valence-corrected chi connectivity index (χ0v) is 13.8. The third-order valence-corrected chi connectivity index (χ3v) is 4.87. The third kappa shape index (κ3) is 2.32. The van der Waals surface area contributed by atoms with Gasteiger partial charge in [0.25, 0.3) is 11.2 Å². The van der Waals surface area contributed by atoms with Gasteiger partial charge in [0, 0.05) is 17.9 Å². The molecule has 0 atom stereocenters. The van der Waals surface area contributed by atoms with Crippen molar-refractivity contribution in [1.82, 2.24) is 4.73 Å². The van der Waals surface area contributed by atoms with E-state index < -0.39 is 0 Å². The highest BCUT2D eigenvalue weighted by atomic mass is 35.5. The van der Waals surface area contributed by atoms with Crippen molar-refractivity contribution < 1.29 is 9.33 Å². The van der Waals surface area contributed by atoms with Crippen LogP contribution in [0.5, 0.6) is 0 Å². The first-order valence-electron chi connectivity index (χ1n) is 7.42. The molecule has 0 spiro atoms. The van der Waals surface area contributed by atoms with Crippen LogP contribution in [-0.2, 0) is 0 Å². The maximum Gasteiger partial charge on any atom is 0.288 e. The van der Waals surface area contributed by atoms with E-state index in [1.807, 2.05) is 0 Å². The molecule has 7 heteroatoms. The third-order valence-electron chi connectivity index (χ3n) is 4.57. The van der Waals surface area contributed by atoms with Crippen LogP contribution in [0.1, 0.15) is 11.4 Å². The van der Waals surface area contributed by atoms with E-state index in [9.17, 15) is 10.1 Å². The van der Waals surface area contributed by atoms with E-state index in [0.29, 0.717) is 27.4 Å². The van der Waals surface area contributed by atoms with E-state index in [1.54, 1.807) is 26.0 Å². The van der Waals surface area contributed by atoms with Gasteiger partial charge in [-0.2, -0.15) is 0 Å². The Hall–Kier alpha value is -1.79. The van der Waals surface area contributed by atoms with E-state index in [-0.39, 0.29) is 0 Å². The van der Waals surface area contributed by atoms with Crippen LogP contribution >= 0.6 is 11.6 Å². The van der Waals surface area contributed by atoms with Gasteiger partial charge in [0.05, 0.1) is 54.1 Å². The van der Waals surface area contributed by atoms with Crippen LogP contribution in [0.3, 0.4) is 0 Å². The van der Waals surface area contributed by atoms with E-state index in [1.165, 1.54) is 4.90 Å². The van der Waals surface area contributed by atoms with Gasteiger partial charge >= 0.3 is 0 Å². The summed E-state index contributed by atoms with van der Waals surface area (Å²) < 4.78 is 1.60. The fraction of sp³-hybridized carbons (Fsp3) is 0.467. The van der Waals surface area contributed by atoms with Crippen LogP contribution in [0.2, 0.25) is 5.02 Å². The van der Waals surface area contributed by atoms with Gasteiger partial charge in [0.2, 0.25) is 0 Å². The molecule has 3 rings (SSSR count). The van der Waals surface area contributed by atoms with Gasteiger partial charge in [0.1, 0.15) is 5.52 Å². The molecule has 0 aliphatic carbocycles. The van der Waals surface area contributed by atoms with Crippen LogP contribution < -0.4 is 14.2 Å². The number of rotatable bonds is 1. The molecule has 1 aliphatic heterocycles. The summed E-state index contributed by atoms with van der Waals surface area (Å²) in [6.45, 7) is 7.13. The maximum absolute atomic E-state index is 12.4. The summed E-state index contributed by atoms with van der Waals surface area (Å²) in [7, 11) is 2.16. The first kappa shape index (κ1) is 15.1. The van der Waals surface area contributed by atoms with Gasteiger partial charge < -0.3 is 19.7 Å². The molecule has 2 heterocycles. The quantitative estimate of drug-likeness (QED) is 0.778. The van der Waals surface area contributed by atoms with Crippen molar-refractivity contribution in [2.75, 3.05) is 38.1 Å². The zero-order valence-electron chi connectivity index (χ0n) is 13.0. The van der Waals surface area contributed by atoms with Crippen molar-refractivity contribution in [3.63, 3.8) is 0 Å². The number of nitrogens with zero attached hydrogens (tertiary/aromatic N) is 3. The second kappa shape index (κ2) is 5.44. The summed E-state index contributed by atoms with van der Waals surface area (Å²) in [6.07, 6.45) is 0. The van der Waals surface area contributed by atoms with E-state index in [2.05, 4.69) is 11.9 Å². The lowest BCUT2D eigenvalue weighted by Crippen LogP contribution is -3.12. The Morgan fingerprint density at radius 2 is 1.91 bits per heavy atom. The van der Waals surface area contributed by atoms with Gasteiger partial charge in [-0.05, 0) is 13.0 Å². The Morgan fingerprint density at radius 3 is 2.55 bits per heavy atom. The molecule has 6 nitrogen and oxygen atoms in total. The molecule has 1 aromatic carbocycles. The number of hydrogen-bond acceptors (Lipinski definition) is 3. The molecule has 0 unspecified atom stereocenters. The summed E-state index contributed by atoms with van der Waals surface area (Å²) in [5.74, 6) is 0. The number of nitrogens with one attached hydrogen (secondary N) is 1. The second-order valence-corrected chi connectivity index (χ2v) is 6.40. The second-order valence-electron chi connectivity index (χ2n) is 6.00. The van der Waals surface area contributed by atoms with E-state index in [0.717, 1.165) is 41.0 Å². The fourth-order valence-corrected chi connectivity index (χ4v) is 3.17. The van der Waals surface area contributed by atoms with E-state index >= 15 is 0 Å². The van der Waals surface area contributed by atoms with Gasteiger partial charge in [-0.3, -0.25) is 0 Å². The van der Waals surface area contributed by atoms with Crippen molar-refractivity contribution >= 4 is 28.3 Å². The topological polar surface area (TPSA) is 58.6 Å². The van der Waals surface area contributed by atoms with Crippen molar-refractivity contribution in [3.05, 3.63) is 38.7 Å². The minimum Gasteiger partial charge on any atom is -0.805 e. The Morgan fingerprint density at radius 1 is 1.27 bits per heavy atom. The lowest BCUT2D eigenvalue weighted by molar-refractivity contribution is -0.880. The molecule has 1 aromatic heterocycles. The first-order valence-corrected chi connectivity index (χ1v) is 7.79. The average Bonchev–Trinajstić information content (AvgIpc) is 2.51. The predicted molar refractivity (Wildman–Crippen MR) is 87.4 cm³/mol. The van der Waals surface area contributed by atoms with Crippen LogP contribution in [0.15, 0.2) is 12.1 Å². The molecule has 0 radical (unpaired) electrons. The summed E-state index contributed by atoms with van der Waals surface area (Å²) in [6, 6.07) is 3.34. The largest absolute Gasteiger partial charge is 0.805 e. The van der Waals surface area contributed by atoms with Gasteiger partial charge in [0.15, 0.2) is 0 Å². The lowest BCUT2D eigenvalue weighted by atomic mass is 10.2. The number of fused-ring (bicyclic) bond motifs is 1. The fourth-order valence-electron chi connectivity index (χ4n) is 2.89. The highest BCUT2D eigenvalue weighted by Crippen LogP contribution is 2.30. The molecule has 2 aromatic rings. The number of piperazine rings is 1. The number of halogens is 1. The highest BCUT2D eigenvalue weighted by molar-refractivity contribution is 6.34. The van der Waals surface area contributed by atoms with Gasteiger partial charge in [-0.25, -0.2) is 0 Å². The van der Waals surface area contributed by atoms with Crippen LogP contribution in [0.4, 0.5) is 5.69 Å². The minimum atomic E-state index is 0.312. The smallest absolute Gasteiger partial charge is 0.288 e. The van der Waals surface area contributed by atoms with Crippen molar-refractivity contribution in [2.45, 2.75) is 13.8 Å². The summed E-state index contributed by atoms with van der Waals surface area (Å²) in [4.78, 5) is 16.1. The highest BCUT2D eigenvalue weighted by Gasteiger charge is 2.23. The van der Waals surface area contributed by atoms with Crippen molar-refractivity contribution in [3.8, 4) is 0 Å². The predicted octanol–water partition coefficient (Wildman–Crippen LogP) is 0.507. The first-order chi connectivity index (χ1) is 10.4. The average molecular weight is 324 g/mol. The van der Waals surface area contributed by atoms with Crippen molar-refractivity contribution in [1.29, 1.82) is 0 Å². The Bertz CT molecular complexity index is 794. The summed E-state index contributed by atoms with van der Waals surface area (Å²) >= 11 is 6.38. The molecule has 0 saturated carbocycles. The molecule has 1 aliphatic rings. The van der Waals surface area contributed by atoms with Crippen LogP contribution in [0, 0.1) is 24.0 Å². The number of likely N-dealkylation sites (N-methyl/N-ethyl adjacent to an activating group) is 1. The molecule has 1 fully saturated rings. The molecule has 0 amide bonds. The molecular formula is C15H20ClN4O2+. The summed E-state index contributed by atoms with van der Waals surface area (Å²) in [5, 5.41) is 12.8. The normalized spacial score (nSPS) is 16.5. The number of aromatic nitrogens is 2. The van der Waals surface area contributed by atoms with Crippen LogP contribution in [-0.4, -0.2) is 38.0 Å². The monoisotopic (exact) mass is 323 g/mol. The molecule has 118 valence electrons. The van der Waals surface area contributed by atoms with Crippen LogP contribution in [0.25, 0.3) is 11.0 Å². The molecule has 1 N–H and O–H groups in total. The standard InChI is InChI=1S/C15H19ClN4O2/c1-10-11(2)20(22)15-9-13(12(16)8-14(15)19(10)21)18-6-4-17(3)5-7-18/h8-9H,4-7H2,1-3H3/p+1. The van der Waals surface area contributed by atoms with E-state index in [4.69, 9.17) is 11.6 Å². The summed E-state index contributed by atoms with van der Waals surface area (Å²) in [5.41, 5.74) is 2.32. The van der Waals surface area contributed by atoms with Gasteiger partial charge in [-0.1, -0.05) is 11.6 Å². The minimum absolute atomic E-state index is 0.312. The number of anilines is 1. The lowest BCUT2D eigenvalue weighted by Gasteiger charge is -2.32. The Balaban J connectivity index is 2.18. The molecule has 1 saturated heterocycles. The molecule has 22 heavy (non-hydrogen) atoms. The maximum atomic E-state index is 12.4. The number of quaternary nitrogens is 1. The SMILES string of the molecule is Cc1c(C)[n+](=O)c2cc(N3CC[NH+](C)CC3)c(Cl)cc2n1[O-]. The molecule has 0 bridgehead atoms. The number of benzene rings is 1. The van der Waals surface area contributed by atoms with Crippen molar-refractivity contribution in [2.24, 2.45) is 0 Å². The Kier molecular flexibility index (Phi) is 3.74. The zero-order chi connectivity index (χ0) is 16.0.